The number of unbranched alkanes of at least 4 members (excludes halogenated alkanes) is 2. The largest absolute Gasteiger partial charge is 0.503 e. The van der Waals surface area contributed by atoms with Crippen LogP contribution in [0.1, 0.15) is 53.8 Å². The molecule has 0 saturated heterocycles. The molecule has 2 N–H and O–H groups in total. The maximum Gasteiger partial charge on any atom is 0.242 e. The number of ketones is 1. The summed E-state index contributed by atoms with van der Waals surface area (Å²) in [5, 5.41) is 21.9. The van der Waals surface area contributed by atoms with Gasteiger partial charge in [-0.25, -0.2) is 13.4 Å². The molecule has 10 heteroatoms. The lowest BCUT2D eigenvalue weighted by Crippen LogP contribution is -2.07. The molecule has 3 aromatic heterocycles. The third kappa shape index (κ3) is 4.28. The van der Waals surface area contributed by atoms with Gasteiger partial charge >= 0.3 is 0 Å². The number of hydrogen-bond acceptors (Lipinski definition) is 8. The monoisotopic (exact) mass is 488 g/mol. The Hall–Kier alpha value is -3.11. The highest BCUT2D eigenvalue weighted by Crippen LogP contribution is 2.41. The summed E-state index contributed by atoms with van der Waals surface area (Å²) in [6.45, 7) is 3.77. The van der Waals surface area contributed by atoms with E-state index in [1.165, 1.54) is 22.8 Å². The Balaban J connectivity index is 1.89. The number of benzene rings is 1. The molecule has 0 aliphatic rings. The van der Waals surface area contributed by atoms with Crippen LogP contribution < -0.4 is 0 Å². The van der Waals surface area contributed by atoms with Crippen LogP contribution >= 0.6 is 11.3 Å². The van der Waals surface area contributed by atoms with Crippen LogP contribution in [0.25, 0.3) is 15.3 Å². The van der Waals surface area contributed by atoms with Crippen molar-refractivity contribution in [1.82, 2.24) is 9.55 Å². The summed E-state index contributed by atoms with van der Waals surface area (Å²) in [5.74, 6) is -0.922. The number of aromatic hydroxyl groups is 2. The highest BCUT2D eigenvalue weighted by atomic mass is 32.2. The van der Waals surface area contributed by atoms with Gasteiger partial charge in [0.25, 0.3) is 0 Å². The third-order valence-corrected chi connectivity index (χ3v) is 7.51. The smallest absolute Gasteiger partial charge is 0.242 e. The van der Waals surface area contributed by atoms with Crippen molar-refractivity contribution in [3.05, 3.63) is 53.1 Å². The van der Waals surface area contributed by atoms with Crippen LogP contribution in [-0.4, -0.2) is 40.2 Å². The van der Waals surface area contributed by atoms with Gasteiger partial charge in [0, 0.05) is 11.9 Å². The number of carbonyl (C=O) groups excluding carboxylic acids is 1. The van der Waals surface area contributed by atoms with E-state index in [1.54, 1.807) is 19.1 Å². The van der Waals surface area contributed by atoms with E-state index in [0.29, 0.717) is 33.2 Å². The van der Waals surface area contributed by atoms with Gasteiger partial charge in [0.15, 0.2) is 26.5 Å². The zero-order valence-corrected chi connectivity index (χ0v) is 20.1. The first-order chi connectivity index (χ1) is 15.6. The number of furan rings is 1. The highest BCUT2D eigenvalue weighted by molar-refractivity contribution is 7.90. The standard InChI is InChI=1S/C23H24N2O6S2/c1-4-5-6-7-16-19(20(26)17-11-8-13(2)31-17)21(27)22(28)25(16)23-24-15-10-9-14(33(3,29)30)12-18(15)32-23/h8-12,27-28H,4-7H2,1-3H3. The molecule has 0 aliphatic carbocycles. The molecular formula is C23H24N2O6S2. The van der Waals surface area contributed by atoms with Crippen molar-refractivity contribution >= 4 is 37.2 Å². The van der Waals surface area contributed by atoms with E-state index >= 15 is 0 Å². The van der Waals surface area contributed by atoms with E-state index in [-0.39, 0.29) is 16.2 Å². The molecule has 0 aliphatic heterocycles. The number of aromatic nitrogens is 2. The molecule has 4 aromatic rings. The molecule has 0 saturated carbocycles. The summed E-state index contributed by atoms with van der Waals surface area (Å²) in [7, 11) is -3.40. The zero-order chi connectivity index (χ0) is 23.9. The molecule has 0 spiro atoms. The normalized spacial score (nSPS) is 12.0. The molecule has 0 unspecified atom stereocenters. The second-order valence-electron chi connectivity index (χ2n) is 7.92. The van der Waals surface area contributed by atoms with Crippen molar-refractivity contribution in [2.45, 2.75) is 44.4 Å². The Morgan fingerprint density at radius 3 is 2.58 bits per heavy atom. The third-order valence-electron chi connectivity index (χ3n) is 5.40. The van der Waals surface area contributed by atoms with Crippen LogP contribution in [0.5, 0.6) is 11.6 Å². The maximum absolute atomic E-state index is 13.2. The topological polar surface area (TPSA) is 123 Å². The zero-order valence-electron chi connectivity index (χ0n) is 18.5. The molecule has 0 bridgehead atoms. The quantitative estimate of drug-likeness (QED) is 0.271. The van der Waals surface area contributed by atoms with Gasteiger partial charge in [0.05, 0.1) is 20.7 Å². The lowest BCUT2D eigenvalue weighted by atomic mass is 10.0. The number of sulfone groups is 1. The van der Waals surface area contributed by atoms with Gasteiger partial charge < -0.3 is 14.6 Å². The van der Waals surface area contributed by atoms with Gasteiger partial charge in [-0.05, 0) is 50.1 Å². The summed E-state index contributed by atoms with van der Waals surface area (Å²) >= 11 is 1.16. The van der Waals surface area contributed by atoms with Gasteiger partial charge in [0.2, 0.25) is 11.7 Å². The van der Waals surface area contributed by atoms with Crippen molar-refractivity contribution < 1.29 is 27.8 Å². The average Bonchev–Trinajstić information content (AvgIpc) is 3.43. The summed E-state index contributed by atoms with van der Waals surface area (Å²) < 4.78 is 31.3. The number of thiazole rings is 1. The first kappa shape index (κ1) is 23.1. The number of hydrogen-bond donors (Lipinski definition) is 2. The number of carbonyl (C=O) groups is 1. The van der Waals surface area contributed by atoms with Crippen molar-refractivity contribution in [2.75, 3.05) is 6.26 Å². The lowest BCUT2D eigenvalue weighted by molar-refractivity contribution is 0.100. The first-order valence-corrected chi connectivity index (χ1v) is 13.2. The van der Waals surface area contributed by atoms with Crippen LogP contribution in [0.4, 0.5) is 0 Å². The molecule has 8 nitrogen and oxygen atoms in total. The highest BCUT2D eigenvalue weighted by Gasteiger charge is 2.31. The van der Waals surface area contributed by atoms with Gasteiger partial charge in [-0.1, -0.05) is 31.1 Å². The van der Waals surface area contributed by atoms with Gasteiger partial charge in [0.1, 0.15) is 5.76 Å². The van der Waals surface area contributed by atoms with E-state index in [0.717, 1.165) is 36.9 Å². The summed E-state index contributed by atoms with van der Waals surface area (Å²) in [4.78, 5) is 17.9. The number of fused-ring (bicyclic) bond motifs is 1. The molecule has 174 valence electrons. The van der Waals surface area contributed by atoms with E-state index in [1.807, 2.05) is 0 Å². The van der Waals surface area contributed by atoms with Crippen molar-refractivity contribution in [1.29, 1.82) is 0 Å². The number of rotatable bonds is 8. The fraction of sp³-hybridized carbons (Fsp3) is 0.304. The van der Waals surface area contributed by atoms with Gasteiger partial charge in [-0.2, -0.15) is 0 Å². The van der Waals surface area contributed by atoms with Crippen LogP contribution in [-0.2, 0) is 16.3 Å². The summed E-state index contributed by atoms with van der Waals surface area (Å²) in [5.41, 5.74) is 0.956. The summed E-state index contributed by atoms with van der Waals surface area (Å²) in [6, 6.07) is 7.79. The minimum absolute atomic E-state index is 0.0194. The fourth-order valence-corrected chi connectivity index (χ4v) is 5.47. The predicted molar refractivity (Wildman–Crippen MR) is 125 cm³/mol. The van der Waals surface area contributed by atoms with Gasteiger partial charge in [-0.15, -0.1) is 0 Å². The Kier molecular flexibility index (Phi) is 6.06. The Morgan fingerprint density at radius 2 is 1.94 bits per heavy atom. The second kappa shape index (κ2) is 8.68. The Labute approximate surface area is 195 Å². The molecule has 33 heavy (non-hydrogen) atoms. The fourth-order valence-electron chi connectivity index (χ4n) is 3.72. The summed E-state index contributed by atoms with van der Waals surface area (Å²) in [6.07, 6.45) is 4.14. The molecular weight excluding hydrogens is 464 g/mol. The van der Waals surface area contributed by atoms with E-state index in [9.17, 15) is 23.4 Å². The SMILES string of the molecule is CCCCCc1c(C(=O)c2ccc(C)o2)c(O)c(O)n1-c1nc2ccc(S(C)(=O)=O)cc2s1. The van der Waals surface area contributed by atoms with E-state index < -0.39 is 27.2 Å². The van der Waals surface area contributed by atoms with Crippen LogP contribution in [0.15, 0.2) is 39.6 Å². The molecule has 3 heterocycles. The van der Waals surface area contributed by atoms with Crippen LogP contribution in [0.3, 0.4) is 0 Å². The Bertz CT molecular complexity index is 1460. The Morgan fingerprint density at radius 1 is 1.18 bits per heavy atom. The molecule has 0 amide bonds. The minimum Gasteiger partial charge on any atom is -0.503 e. The molecule has 0 atom stereocenters. The minimum atomic E-state index is -3.40. The van der Waals surface area contributed by atoms with Crippen molar-refractivity contribution in [2.24, 2.45) is 0 Å². The average molecular weight is 489 g/mol. The predicted octanol–water partition coefficient (Wildman–Crippen LogP) is 4.77. The van der Waals surface area contributed by atoms with Crippen molar-refractivity contribution in [3.8, 4) is 16.8 Å². The van der Waals surface area contributed by atoms with Crippen LogP contribution in [0.2, 0.25) is 0 Å². The van der Waals surface area contributed by atoms with E-state index in [4.69, 9.17) is 4.42 Å². The molecule has 0 radical (unpaired) electrons. The molecule has 1 aromatic carbocycles. The lowest BCUT2D eigenvalue weighted by Gasteiger charge is -2.08. The molecule has 4 rings (SSSR count). The molecule has 0 fully saturated rings. The first-order valence-electron chi connectivity index (χ1n) is 10.5. The van der Waals surface area contributed by atoms with Crippen LogP contribution in [0, 0.1) is 6.92 Å². The number of aryl methyl sites for hydroxylation is 1. The van der Waals surface area contributed by atoms with Gasteiger partial charge in [-0.3, -0.25) is 9.36 Å². The second-order valence-corrected chi connectivity index (χ2v) is 10.9. The van der Waals surface area contributed by atoms with Crippen molar-refractivity contribution in [3.63, 3.8) is 0 Å². The maximum atomic E-state index is 13.2. The number of nitrogens with zero attached hydrogens (tertiary/aromatic N) is 2. The van der Waals surface area contributed by atoms with E-state index in [2.05, 4.69) is 11.9 Å².